The van der Waals surface area contributed by atoms with Gasteiger partial charge in [-0.15, -0.1) is 0 Å². The van der Waals surface area contributed by atoms with Gasteiger partial charge >= 0.3 is 0 Å². The van der Waals surface area contributed by atoms with E-state index in [1.54, 1.807) is 4.90 Å². The molecule has 1 aromatic rings. The van der Waals surface area contributed by atoms with Crippen LogP contribution in [0.5, 0.6) is 0 Å². The molecule has 4 amide bonds. The lowest BCUT2D eigenvalue weighted by Crippen LogP contribution is -2.52. The molecule has 3 N–H and O–H groups in total. The van der Waals surface area contributed by atoms with E-state index < -0.39 is 11.9 Å². The molecule has 1 aromatic carbocycles. The van der Waals surface area contributed by atoms with Crippen LogP contribution in [0.4, 0.5) is 0 Å². The van der Waals surface area contributed by atoms with Gasteiger partial charge in [0.1, 0.15) is 6.04 Å². The van der Waals surface area contributed by atoms with Gasteiger partial charge in [0.05, 0.1) is 6.04 Å². The molecule has 0 saturated carbocycles. The molecule has 3 unspecified atom stereocenters. The van der Waals surface area contributed by atoms with Crippen molar-refractivity contribution in [1.29, 1.82) is 0 Å². The van der Waals surface area contributed by atoms with Crippen molar-refractivity contribution in [2.45, 2.75) is 50.5 Å². The summed E-state index contributed by atoms with van der Waals surface area (Å²) in [6.07, 6.45) is 1.32. The Morgan fingerprint density at radius 2 is 1.93 bits per heavy atom. The predicted octanol–water partition coefficient (Wildman–Crippen LogP) is -0.809. The van der Waals surface area contributed by atoms with E-state index in [4.69, 9.17) is 5.73 Å². The number of amides is 4. The largest absolute Gasteiger partial charge is 0.336 e. The Labute approximate surface area is 174 Å². The zero-order valence-electron chi connectivity index (χ0n) is 16.7. The molecule has 9 heteroatoms. The van der Waals surface area contributed by atoms with Crippen LogP contribution in [0.15, 0.2) is 18.2 Å². The van der Waals surface area contributed by atoms with Crippen LogP contribution in [0.25, 0.3) is 0 Å². The molecule has 0 aliphatic carbocycles. The van der Waals surface area contributed by atoms with Crippen LogP contribution in [-0.4, -0.2) is 76.1 Å². The highest BCUT2D eigenvalue weighted by Gasteiger charge is 2.41. The molecule has 3 atom stereocenters. The molecule has 158 valence electrons. The molecule has 4 heterocycles. The third-order valence-electron chi connectivity index (χ3n) is 6.69. The highest BCUT2D eigenvalue weighted by molar-refractivity contribution is 6.05. The molecular weight excluding hydrogens is 386 g/mol. The second kappa shape index (κ2) is 7.17. The van der Waals surface area contributed by atoms with Crippen molar-refractivity contribution in [3.8, 4) is 0 Å². The van der Waals surface area contributed by atoms with E-state index in [0.29, 0.717) is 31.5 Å². The maximum Gasteiger partial charge on any atom is 0.255 e. The Kier molecular flexibility index (Phi) is 4.59. The normalized spacial score (nSPS) is 29.3. The Morgan fingerprint density at radius 3 is 2.73 bits per heavy atom. The van der Waals surface area contributed by atoms with Crippen molar-refractivity contribution in [2.75, 3.05) is 19.6 Å². The minimum atomic E-state index is -0.594. The van der Waals surface area contributed by atoms with E-state index in [1.807, 2.05) is 23.1 Å². The second-order valence-electron chi connectivity index (χ2n) is 8.65. The number of hydrogen-bond acceptors (Lipinski definition) is 6. The quantitative estimate of drug-likeness (QED) is 0.629. The van der Waals surface area contributed by atoms with E-state index in [9.17, 15) is 19.2 Å². The van der Waals surface area contributed by atoms with Gasteiger partial charge in [-0.2, -0.15) is 0 Å². The van der Waals surface area contributed by atoms with Gasteiger partial charge in [-0.05, 0) is 30.0 Å². The third kappa shape index (κ3) is 3.18. The number of fused-ring (bicyclic) bond motifs is 2. The van der Waals surface area contributed by atoms with E-state index >= 15 is 0 Å². The second-order valence-corrected chi connectivity index (χ2v) is 8.65. The van der Waals surface area contributed by atoms with Crippen LogP contribution < -0.4 is 11.1 Å². The van der Waals surface area contributed by atoms with Crippen LogP contribution in [0, 0.1) is 0 Å². The molecule has 0 radical (unpaired) electrons. The monoisotopic (exact) mass is 411 g/mol. The lowest BCUT2D eigenvalue weighted by Gasteiger charge is -2.37. The minimum Gasteiger partial charge on any atom is -0.336 e. The van der Waals surface area contributed by atoms with E-state index in [0.717, 1.165) is 30.8 Å². The summed E-state index contributed by atoms with van der Waals surface area (Å²) in [4.78, 5) is 54.3. The Bertz CT molecular complexity index is 947. The summed E-state index contributed by atoms with van der Waals surface area (Å²) in [5.74, 6) is -0.773. The third-order valence-corrected chi connectivity index (χ3v) is 6.69. The van der Waals surface area contributed by atoms with Gasteiger partial charge in [0.25, 0.3) is 5.91 Å². The molecule has 30 heavy (non-hydrogen) atoms. The molecule has 0 bridgehead atoms. The standard InChI is InChI=1S/C21H25N5O4/c22-16-8-14-11-24(5-6-25(14)21(16)30)9-12-1-2-15-13(7-12)10-26(20(15)29)17-3-4-18(27)23-19(17)28/h1-2,7,14,16-17H,3-6,8-11,22H2,(H,23,27,28). The van der Waals surface area contributed by atoms with E-state index in [1.165, 1.54) is 0 Å². The average molecular weight is 411 g/mol. The topological polar surface area (TPSA) is 116 Å². The van der Waals surface area contributed by atoms with E-state index in [2.05, 4.69) is 10.2 Å². The van der Waals surface area contributed by atoms with Gasteiger partial charge in [-0.1, -0.05) is 12.1 Å². The van der Waals surface area contributed by atoms with Crippen molar-refractivity contribution in [1.82, 2.24) is 20.0 Å². The Morgan fingerprint density at radius 1 is 1.10 bits per heavy atom. The number of piperazine rings is 1. The average Bonchev–Trinajstić information content (AvgIpc) is 3.18. The fraction of sp³-hybridized carbons (Fsp3) is 0.524. The van der Waals surface area contributed by atoms with Gasteiger partial charge in [0.15, 0.2) is 0 Å². The van der Waals surface area contributed by atoms with Crippen LogP contribution in [0.2, 0.25) is 0 Å². The Hall–Kier alpha value is -2.78. The molecular formula is C21H25N5O4. The lowest BCUT2D eigenvalue weighted by molar-refractivity contribution is -0.137. The van der Waals surface area contributed by atoms with Gasteiger partial charge < -0.3 is 15.5 Å². The number of nitrogens with zero attached hydrogens (tertiary/aromatic N) is 3. The Balaban J connectivity index is 1.26. The fourth-order valence-corrected chi connectivity index (χ4v) is 5.15. The first-order valence-electron chi connectivity index (χ1n) is 10.5. The summed E-state index contributed by atoms with van der Waals surface area (Å²) in [6, 6.07) is 5.05. The first-order valence-corrected chi connectivity index (χ1v) is 10.5. The number of hydrogen-bond donors (Lipinski definition) is 2. The van der Waals surface area contributed by atoms with Crippen molar-refractivity contribution >= 4 is 23.6 Å². The zero-order chi connectivity index (χ0) is 21.0. The molecule has 0 spiro atoms. The number of rotatable bonds is 3. The number of carbonyl (C=O) groups is 4. The van der Waals surface area contributed by atoms with Crippen LogP contribution in [0.1, 0.15) is 40.7 Å². The molecule has 9 nitrogen and oxygen atoms in total. The zero-order valence-corrected chi connectivity index (χ0v) is 16.7. The van der Waals surface area contributed by atoms with Crippen LogP contribution >= 0.6 is 0 Å². The molecule has 0 aromatic heterocycles. The molecule has 5 rings (SSSR count). The van der Waals surface area contributed by atoms with E-state index in [-0.39, 0.29) is 36.2 Å². The number of nitrogens with one attached hydrogen (secondary N) is 1. The summed E-state index contributed by atoms with van der Waals surface area (Å²) < 4.78 is 0. The molecule has 3 saturated heterocycles. The predicted molar refractivity (Wildman–Crippen MR) is 106 cm³/mol. The summed E-state index contributed by atoms with van der Waals surface area (Å²) in [5, 5.41) is 2.33. The van der Waals surface area contributed by atoms with Crippen LogP contribution in [-0.2, 0) is 27.5 Å². The first-order chi connectivity index (χ1) is 14.4. The summed E-state index contributed by atoms with van der Waals surface area (Å²) in [6.45, 7) is 3.43. The minimum absolute atomic E-state index is 0.0595. The smallest absolute Gasteiger partial charge is 0.255 e. The number of benzene rings is 1. The molecule has 3 fully saturated rings. The number of nitrogens with two attached hydrogens (primary N) is 1. The van der Waals surface area contributed by atoms with Gasteiger partial charge in [0, 0.05) is 50.7 Å². The first kappa shape index (κ1) is 19.2. The maximum atomic E-state index is 12.8. The molecule has 4 aliphatic heterocycles. The summed E-state index contributed by atoms with van der Waals surface area (Å²) in [5.41, 5.74) is 8.56. The summed E-state index contributed by atoms with van der Waals surface area (Å²) >= 11 is 0. The lowest BCUT2D eigenvalue weighted by atomic mass is 10.0. The maximum absolute atomic E-state index is 12.8. The van der Waals surface area contributed by atoms with Crippen LogP contribution in [0.3, 0.4) is 0 Å². The van der Waals surface area contributed by atoms with Gasteiger partial charge in [-0.25, -0.2) is 0 Å². The van der Waals surface area contributed by atoms with Crippen molar-refractivity contribution in [3.05, 3.63) is 34.9 Å². The summed E-state index contributed by atoms with van der Waals surface area (Å²) in [7, 11) is 0. The number of piperidine rings is 1. The fourth-order valence-electron chi connectivity index (χ4n) is 5.15. The van der Waals surface area contributed by atoms with Crippen molar-refractivity contribution < 1.29 is 19.2 Å². The van der Waals surface area contributed by atoms with Gasteiger partial charge in [-0.3, -0.25) is 29.4 Å². The highest BCUT2D eigenvalue weighted by atomic mass is 16.2. The highest BCUT2D eigenvalue weighted by Crippen LogP contribution is 2.29. The SMILES string of the molecule is NC1CC2CN(Cc3ccc4c(c3)CN(C3CCC(=O)NC3=O)C4=O)CCN2C1=O. The van der Waals surface area contributed by atoms with Crippen molar-refractivity contribution in [3.63, 3.8) is 0 Å². The van der Waals surface area contributed by atoms with Crippen molar-refractivity contribution in [2.24, 2.45) is 5.73 Å². The number of imide groups is 1. The molecule has 4 aliphatic rings. The van der Waals surface area contributed by atoms with Gasteiger partial charge in [0.2, 0.25) is 17.7 Å². The number of carbonyl (C=O) groups excluding carboxylic acids is 4.